The highest BCUT2D eigenvalue weighted by Crippen LogP contribution is 2.46. The number of carboxylic acid groups (broad SMARTS) is 1. The molecule has 0 aromatic carbocycles. The van der Waals surface area contributed by atoms with E-state index in [4.69, 9.17) is 5.11 Å². The standard InChI is InChI=1S/C10H15NO3/c12-8-3-1-2-6-11(8)7-10(4-5-10)9(13)14/h1-7H2,(H,13,14). The second kappa shape index (κ2) is 3.26. The van der Waals surface area contributed by atoms with Crippen LogP contribution in [-0.4, -0.2) is 35.0 Å². The molecule has 78 valence electrons. The second-order valence-corrected chi connectivity index (χ2v) is 4.36. The summed E-state index contributed by atoms with van der Waals surface area (Å²) >= 11 is 0. The summed E-state index contributed by atoms with van der Waals surface area (Å²) in [6.45, 7) is 1.18. The summed E-state index contributed by atoms with van der Waals surface area (Å²) in [5.74, 6) is -0.611. The molecule has 1 saturated heterocycles. The third-order valence-electron chi connectivity index (χ3n) is 3.22. The van der Waals surface area contributed by atoms with Crippen LogP contribution < -0.4 is 0 Å². The molecule has 2 rings (SSSR count). The maximum Gasteiger partial charge on any atom is 0.311 e. The van der Waals surface area contributed by atoms with E-state index in [1.165, 1.54) is 0 Å². The Morgan fingerprint density at radius 2 is 2.14 bits per heavy atom. The average Bonchev–Trinajstić information content (AvgIpc) is 2.90. The molecule has 4 heteroatoms. The van der Waals surface area contributed by atoms with E-state index in [-0.39, 0.29) is 5.91 Å². The maximum absolute atomic E-state index is 11.5. The largest absolute Gasteiger partial charge is 0.481 e. The Bertz CT molecular complexity index is 271. The molecule has 1 heterocycles. The number of likely N-dealkylation sites (tertiary alicyclic amines) is 1. The number of nitrogens with zero attached hydrogens (tertiary/aromatic N) is 1. The molecule has 2 aliphatic rings. The van der Waals surface area contributed by atoms with E-state index in [1.807, 2.05) is 0 Å². The number of hydrogen-bond acceptors (Lipinski definition) is 2. The van der Waals surface area contributed by atoms with Crippen LogP contribution in [0.2, 0.25) is 0 Å². The molecular formula is C10H15NO3. The lowest BCUT2D eigenvalue weighted by Gasteiger charge is -2.29. The van der Waals surface area contributed by atoms with Gasteiger partial charge in [0.25, 0.3) is 0 Å². The van der Waals surface area contributed by atoms with Crippen molar-refractivity contribution in [3.05, 3.63) is 0 Å². The molecule has 14 heavy (non-hydrogen) atoms. The lowest BCUT2D eigenvalue weighted by molar-refractivity contribution is -0.146. The van der Waals surface area contributed by atoms with Gasteiger partial charge in [-0.2, -0.15) is 0 Å². The fourth-order valence-electron chi connectivity index (χ4n) is 1.98. The summed E-state index contributed by atoms with van der Waals surface area (Å²) < 4.78 is 0. The first-order valence-corrected chi connectivity index (χ1v) is 5.15. The van der Waals surface area contributed by atoms with Gasteiger partial charge in [-0.05, 0) is 25.7 Å². The number of carbonyl (C=O) groups excluding carboxylic acids is 1. The van der Waals surface area contributed by atoms with Crippen LogP contribution in [0.25, 0.3) is 0 Å². The Hall–Kier alpha value is -1.06. The molecule has 1 saturated carbocycles. The molecule has 1 aliphatic heterocycles. The fraction of sp³-hybridized carbons (Fsp3) is 0.800. The van der Waals surface area contributed by atoms with Crippen molar-refractivity contribution < 1.29 is 14.7 Å². The van der Waals surface area contributed by atoms with Crippen LogP contribution in [0, 0.1) is 5.41 Å². The van der Waals surface area contributed by atoms with Crippen molar-refractivity contribution in [2.45, 2.75) is 32.1 Å². The number of rotatable bonds is 3. The van der Waals surface area contributed by atoms with Crippen LogP contribution in [0.5, 0.6) is 0 Å². The van der Waals surface area contributed by atoms with Gasteiger partial charge in [0.2, 0.25) is 5.91 Å². The first-order valence-electron chi connectivity index (χ1n) is 5.15. The molecule has 1 aliphatic carbocycles. The fourth-order valence-corrected chi connectivity index (χ4v) is 1.98. The number of aliphatic carboxylic acids is 1. The van der Waals surface area contributed by atoms with E-state index in [2.05, 4.69) is 0 Å². The van der Waals surface area contributed by atoms with Crippen molar-refractivity contribution in [3.63, 3.8) is 0 Å². The van der Waals surface area contributed by atoms with Crippen LogP contribution in [0.4, 0.5) is 0 Å². The van der Waals surface area contributed by atoms with Gasteiger partial charge in [0.05, 0.1) is 5.41 Å². The molecule has 2 fully saturated rings. The molecule has 0 radical (unpaired) electrons. The summed E-state index contributed by atoms with van der Waals surface area (Å²) in [7, 11) is 0. The van der Waals surface area contributed by atoms with Crippen molar-refractivity contribution in [2.24, 2.45) is 5.41 Å². The summed E-state index contributed by atoms with van der Waals surface area (Å²) in [6, 6.07) is 0. The number of hydrogen-bond donors (Lipinski definition) is 1. The third kappa shape index (κ3) is 1.61. The Kier molecular flexibility index (Phi) is 2.21. The van der Waals surface area contributed by atoms with Gasteiger partial charge in [-0.1, -0.05) is 0 Å². The van der Waals surface area contributed by atoms with Crippen LogP contribution in [-0.2, 0) is 9.59 Å². The van der Waals surface area contributed by atoms with Gasteiger partial charge in [0, 0.05) is 19.5 Å². The van der Waals surface area contributed by atoms with Crippen molar-refractivity contribution >= 4 is 11.9 Å². The number of piperidine rings is 1. The molecule has 0 aromatic heterocycles. The Balaban J connectivity index is 1.96. The summed E-state index contributed by atoms with van der Waals surface area (Å²) in [5, 5.41) is 8.98. The van der Waals surface area contributed by atoms with E-state index < -0.39 is 11.4 Å². The van der Waals surface area contributed by atoms with Crippen LogP contribution in [0.3, 0.4) is 0 Å². The topological polar surface area (TPSA) is 57.6 Å². The summed E-state index contributed by atoms with van der Waals surface area (Å²) in [5.41, 5.74) is -0.590. The van der Waals surface area contributed by atoms with Crippen molar-refractivity contribution in [1.82, 2.24) is 4.90 Å². The van der Waals surface area contributed by atoms with E-state index in [0.717, 1.165) is 32.2 Å². The smallest absolute Gasteiger partial charge is 0.311 e. The molecule has 0 bridgehead atoms. The minimum Gasteiger partial charge on any atom is -0.481 e. The van der Waals surface area contributed by atoms with Crippen molar-refractivity contribution in [1.29, 1.82) is 0 Å². The molecule has 1 N–H and O–H groups in total. The number of carbonyl (C=O) groups is 2. The Morgan fingerprint density at radius 3 is 2.64 bits per heavy atom. The van der Waals surface area contributed by atoms with Gasteiger partial charge in [0.15, 0.2) is 0 Å². The lowest BCUT2D eigenvalue weighted by Crippen LogP contribution is -2.41. The van der Waals surface area contributed by atoms with Gasteiger partial charge in [-0.3, -0.25) is 9.59 Å². The molecule has 1 amide bonds. The van der Waals surface area contributed by atoms with Gasteiger partial charge < -0.3 is 10.0 Å². The molecule has 0 spiro atoms. The lowest BCUT2D eigenvalue weighted by atomic mass is 10.0. The second-order valence-electron chi connectivity index (χ2n) is 4.36. The van der Waals surface area contributed by atoms with Crippen LogP contribution >= 0.6 is 0 Å². The first kappa shape index (κ1) is 9.49. The maximum atomic E-state index is 11.5. The minimum atomic E-state index is -0.740. The van der Waals surface area contributed by atoms with E-state index in [0.29, 0.717) is 13.0 Å². The summed E-state index contributed by atoms with van der Waals surface area (Å²) in [6.07, 6.45) is 4.02. The molecule has 0 unspecified atom stereocenters. The molecule has 0 aromatic rings. The zero-order chi connectivity index (χ0) is 10.2. The van der Waals surface area contributed by atoms with Crippen LogP contribution in [0.15, 0.2) is 0 Å². The van der Waals surface area contributed by atoms with Gasteiger partial charge in [-0.15, -0.1) is 0 Å². The number of carboxylic acids is 1. The third-order valence-corrected chi connectivity index (χ3v) is 3.22. The van der Waals surface area contributed by atoms with Crippen molar-refractivity contribution in [3.8, 4) is 0 Å². The van der Waals surface area contributed by atoms with Crippen LogP contribution in [0.1, 0.15) is 32.1 Å². The monoisotopic (exact) mass is 197 g/mol. The zero-order valence-corrected chi connectivity index (χ0v) is 8.16. The highest BCUT2D eigenvalue weighted by molar-refractivity contribution is 5.81. The number of amides is 1. The average molecular weight is 197 g/mol. The van der Waals surface area contributed by atoms with E-state index in [1.54, 1.807) is 4.90 Å². The predicted octanol–water partition coefficient (Wildman–Crippen LogP) is 0.864. The highest BCUT2D eigenvalue weighted by Gasteiger charge is 2.51. The van der Waals surface area contributed by atoms with E-state index >= 15 is 0 Å². The molecule has 4 nitrogen and oxygen atoms in total. The van der Waals surface area contributed by atoms with E-state index in [9.17, 15) is 9.59 Å². The first-order chi connectivity index (χ1) is 6.64. The van der Waals surface area contributed by atoms with Gasteiger partial charge in [-0.25, -0.2) is 0 Å². The SMILES string of the molecule is O=C1CCCCN1CC1(C(=O)O)CC1. The predicted molar refractivity (Wildman–Crippen MR) is 49.7 cm³/mol. The minimum absolute atomic E-state index is 0.128. The molecule has 0 atom stereocenters. The Labute approximate surface area is 82.9 Å². The summed E-state index contributed by atoms with van der Waals surface area (Å²) in [4.78, 5) is 24.1. The normalized spacial score (nSPS) is 24.9. The van der Waals surface area contributed by atoms with Gasteiger partial charge >= 0.3 is 5.97 Å². The zero-order valence-electron chi connectivity index (χ0n) is 8.16. The quantitative estimate of drug-likeness (QED) is 0.730. The van der Waals surface area contributed by atoms with Crippen molar-refractivity contribution in [2.75, 3.05) is 13.1 Å². The van der Waals surface area contributed by atoms with Gasteiger partial charge in [0.1, 0.15) is 0 Å². The molecular weight excluding hydrogens is 182 g/mol. The highest BCUT2D eigenvalue weighted by atomic mass is 16.4. The Morgan fingerprint density at radius 1 is 1.43 bits per heavy atom.